The van der Waals surface area contributed by atoms with Gasteiger partial charge in [-0.1, -0.05) is 0 Å². The summed E-state index contributed by atoms with van der Waals surface area (Å²) < 4.78 is 10.1. The van der Waals surface area contributed by atoms with Gasteiger partial charge < -0.3 is 14.8 Å². The van der Waals surface area contributed by atoms with Crippen molar-refractivity contribution in [1.29, 1.82) is 0 Å². The van der Waals surface area contributed by atoms with Gasteiger partial charge in [0.05, 0.1) is 13.2 Å². The molecule has 1 fully saturated rings. The van der Waals surface area contributed by atoms with Crippen LogP contribution in [0, 0.1) is 0 Å². The molecule has 0 saturated carbocycles. The van der Waals surface area contributed by atoms with Crippen LogP contribution in [0.25, 0.3) is 0 Å². The summed E-state index contributed by atoms with van der Waals surface area (Å²) in [4.78, 5) is 11.2. The Kier molecular flexibility index (Phi) is 4.35. The molecule has 1 heterocycles. The zero-order valence-electron chi connectivity index (χ0n) is 9.08. The van der Waals surface area contributed by atoms with Crippen molar-refractivity contribution >= 4 is 5.97 Å². The molecule has 2 unspecified atom stereocenters. The number of rotatable bonds is 3. The smallest absolute Gasteiger partial charge is 0.322 e. The topological polar surface area (TPSA) is 47.6 Å². The Labute approximate surface area is 85.0 Å². The maximum Gasteiger partial charge on any atom is 0.322 e. The van der Waals surface area contributed by atoms with Crippen molar-refractivity contribution in [2.75, 3.05) is 13.7 Å². The molecule has 0 aromatic rings. The van der Waals surface area contributed by atoms with E-state index in [1.165, 1.54) is 7.11 Å². The number of ether oxygens (including phenoxy) is 2. The van der Waals surface area contributed by atoms with Crippen LogP contribution in [0.1, 0.15) is 26.7 Å². The highest BCUT2D eigenvalue weighted by molar-refractivity contribution is 5.75. The average Bonchev–Trinajstić information content (AvgIpc) is 2.16. The number of esters is 1. The molecule has 0 radical (unpaired) electrons. The van der Waals surface area contributed by atoms with Gasteiger partial charge in [-0.05, 0) is 26.7 Å². The van der Waals surface area contributed by atoms with Gasteiger partial charge in [0.25, 0.3) is 0 Å². The molecule has 0 bridgehead atoms. The molecule has 4 heteroatoms. The van der Waals surface area contributed by atoms with E-state index in [1.54, 1.807) is 0 Å². The summed E-state index contributed by atoms with van der Waals surface area (Å²) in [6, 6.07) is 0.142. The summed E-state index contributed by atoms with van der Waals surface area (Å²) in [5, 5.41) is 3.25. The summed E-state index contributed by atoms with van der Waals surface area (Å²) in [5.74, 6) is -0.204. The molecule has 1 aliphatic heterocycles. The average molecular weight is 201 g/mol. The molecule has 82 valence electrons. The highest BCUT2D eigenvalue weighted by Crippen LogP contribution is 2.13. The number of carbonyl (C=O) groups is 1. The fourth-order valence-electron chi connectivity index (χ4n) is 1.75. The Morgan fingerprint density at radius 2 is 2.36 bits per heavy atom. The van der Waals surface area contributed by atoms with E-state index in [1.807, 2.05) is 6.92 Å². The van der Waals surface area contributed by atoms with E-state index in [0.717, 1.165) is 19.4 Å². The van der Waals surface area contributed by atoms with Crippen LogP contribution in [0.5, 0.6) is 0 Å². The summed E-state index contributed by atoms with van der Waals surface area (Å²) in [7, 11) is 1.41. The molecular formula is C10H19NO3. The van der Waals surface area contributed by atoms with E-state index >= 15 is 0 Å². The third-order valence-electron chi connectivity index (χ3n) is 2.53. The lowest BCUT2D eigenvalue weighted by Gasteiger charge is -2.29. The summed E-state index contributed by atoms with van der Waals surface area (Å²) in [6.07, 6.45) is 2.21. The molecule has 3 atom stereocenters. The first-order chi connectivity index (χ1) is 6.63. The standard InChI is InChI=1S/C10H19NO3/c1-7-6-9(4-5-14-7)11-8(2)10(12)13-3/h7-9,11H,4-6H2,1-3H3/t7?,8-,9?/m0/s1. The third kappa shape index (κ3) is 3.27. The van der Waals surface area contributed by atoms with Crippen molar-refractivity contribution in [3.05, 3.63) is 0 Å². The normalized spacial score (nSPS) is 29.6. The van der Waals surface area contributed by atoms with E-state index in [0.29, 0.717) is 6.04 Å². The van der Waals surface area contributed by atoms with Crippen LogP contribution in [0.15, 0.2) is 0 Å². The molecule has 1 saturated heterocycles. The van der Waals surface area contributed by atoms with Gasteiger partial charge in [-0.2, -0.15) is 0 Å². The monoisotopic (exact) mass is 201 g/mol. The largest absolute Gasteiger partial charge is 0.468 e. The minimum Gasteiger partial charge on any atom is -0.468 e. The fraction of sp³-hybridized carbons (Fsp3) is 0.900. The van der Waals surface area contributed by atoms with Gasteiger partial charge in [0.1, 0.15) is 6.04 Å². The quantitative estimate of drug-likeness (QED) is 0.683. The first-order valence-electron chi connectivity index (χ1n) is 5.09. The molecule has 1 N–H and O–H groups in total. The maximum absolute atomic E-state index is 11.2. The highest BCUT2D eigenvalue weighted by Gasteiger charge is 2.23. The second kappa shape index (κ2) is 5.32. The summed E-state index contributed by atoms with van der Waals surface area (Å²) in [6.45, 7) is 4.65. The number of methoxy groups -OCH3 is 1. The Balaban J connectivity index is 2.32. The molecule has 0 aromatic heterocycles. The lowest BCUT2D eigenvalue weighted by Crippen LogP contribution is -2.45. The van der Waals surface area contributed by atoms with Gasteiger partial charge in [-0.3, -0.25) is 4.79 Å². The van der Waals surface area contributed by atoms with Gasteiger partial charge in [-0.25, -0.2) is 0 Å². The van der Waals surface area contributed by atoms with Gasteiger partial charge >= 0.3 is 5.97 Å². The Hall–Kier alpha value is -0.610. The minimum absolute atomic E-state index is 0.204. The molecular weight excluding hydrogens is 182 g/mol. The first-order valence-corrected chi connectivity index (χ1v) is 5.09. The van der Waals surface area contributed by atoms with Gasteiger partial charge in [-0.15, -0.1) is 0 Å². The molecule has 0 aliphatic carbocycles. The second-order valence-corrected chi connectivity index (χ2v) is 3.81. The lowest BCUT2D eigenvalue weighted by atomic mass is 10.0. The van der Waals surface area contributed by atoms with Crippen molar-refractivity contribution in [2.45, 2.75) is 44.9 Å². The van der Waals surface area contributed by atoms with E-state index in [2.05, 4.69) is 17.0 Å². The van der Waals surface area contributed by atoms with Crippen LogP contribution >= 0.6 is 0 Å². The molecule has 1 aliphatic rings. The van der Waals surface area contributed by atoms with E-state index in [4.69, 9.17) is 4.74 Å². The van der Waals surface area contributed by atoms with E-state index in [-0.39, 0.29) is 18.1 Å². The van der Waals surface area contributed by atoms with Crippen LogP contribution in [0.3, 0.4) is 0 Å². The van der Waals surface area contributed by atoms with Crippen LogP contribution in [-0.4, -0.2) is 37.9 Å². The fourth-order valence-corrected chi connectivity index (χ4v) is 1.75. The van der Waals surface area contributed by atoms with Crippen molar-refractivity contribution in [3.63, 3.8) is 0 Å². The highest BCUT2D eigenvalue weighted by atomic mass is 16.5. The Morgan fingerprint density at radius 1 is 1.64 bits per heavy atom. The van der Waals surface area contributed by atoms with E-state index < -0.39 is 0 Å². The predicted octanol–water partition coefficient (Wildman–Crippen LogP) is 0.705. The lowest BCUT2D eigenvalue weighted by molar-refractivity contribution is -0.143. The molecule has 0 amide bonds. The summed E-state index contributed by atoms with van der Waals surface area (Å²) in [5.41, 5.74) is 0. The van der Waals surface area contributed by atoms with Gasteiger partial charge in [0.15, 0.2) is 0 Å². The van der Waals surface area contributed by atoms with Crippen LogP contribution in [0.4, 0.5) is 0 Å². The number of carbonyl (C=O) groups excluding carboxylic acids is 1. The molecule has 0 spiro atoms. The van der Waals surface area contributed by atoms with Crippen LogP contribution < -0.4 is 5.32 Å². The Morgan fingerprint density at radius 3 is 2.93 bits per heavy atom. The summed E-state index contributed by atoms with van der Waals surface area (Å²) >= 11 is 0. The molecule has 14 heavy (non-hydrogen) atoms. The van der Waals surface area contributed by atoms with Crippen molar-refractivity contribution < 1.29 is 14.3 Å². The second-order valence-electron chi connectivity index (χ2n) is 3.81. The molecule has 0 aromatic carbocycles. The van der Waals surface area contributed by atoms with Crippen molar-refractivity contribution in [1.82, 2.24) is 5.32 Å². The number of nitrogens with one attached hydrogen (secondary N) is 1. The van der Waals surface area contributed by atoms with E-state index in [9.17, 15) is 4.79 Å². The van der Waals surface area contributed by atoms with Crippen molar-refractivity contribution in [3.8, 4) is 0 Å². The zero-order valence-corrected chi connectivity index (χ0v) is 9.08. The molecule has 1 rings (SSSR count). The maximum atomic E-state index is 11.2. The minimum atomic E-state index is -0.227. The first kappa shape index (κ1) is 11.5. The third-order valence-corrected chi connectivity index (χ3v) is 2.53. The van der Waals surface area contributed by atoms with Crippen LogP contribution in [-0.2, 0) is 14.3 Å². The number of hydrogen-bond donors (Lipinski definition) is 1. The number of hydrogen-bond acceptors (Lipinski definition) is 4. The molecule has 4 nitrogen and oxygen atoms in total. The van der Waals surface area contributed by atoms with Crippen molar-refractivity contribution in [2.24, 2.45) is 0 Å². The Bertz CT molecular complexity index is 196. The van der Waals surface area contributed by atoms with Gasteiger partial charge in [0.2, 0.25) is 0 Å². The predicted molar refractivity (Wildman–Crippen MR) is 53.0 cm³/mol. The van der Waals surface area contributed by atoms with Crippen LogP contribution in [0.2, 0.25) is 0 Å². The van der Waals surface area contributed by atoms with Gasteiger partial charge in [0, 0.05) is 12.6 Å². The SMILES string of the molecule is COC(=O)[C@H](C)NC1CCOC(C)C1. The zero-order chi connectivity index (χ0) is 10.6.